The zero-order valence-electron chi connectivity index (χ0n) is 16.7. The van der Waals surface area contributed by atoms with Crippen molar-refractivity contribution < 1.29 is 4.79 Å². The third kappa shape index (κ3) is 3.04. The Labute approximate surface area is 178 Å². The topological polar surface area (TPSA) is 102 Å². The minimum absolute atomic E-state index is 0.174. The maximum absolute atomic E-state index is 12.1. The molecule has 5 rings (SSSR count). The number of nitrogens with zero attached hydrogens (tertiary/aromatic N) is 4. The number of hydrogen-bond acceptors (Lipinski definition) is 5. The summed E-state index contributed by atoms with van der Waals surface area (Å²) in [7, 11) is 0. The lowest BCUT2D eigenvalue weighted by Crippen LogP contribution is -2.21. The van der Waals surface area contributed by atoms with E-state index < -0.39 is 0 Å². The van der Waals surface area contributed by atoms with Gasteiger partial charge in [0.2, 0.25) is 0 Å². The molecule has 1 fully saturated rings. The highest BCUT2D eigenvalue weighted by molar-refractivity contribution is 6.35. The van der Waals surface area contributed by atoms with E-state index in [1.54, 1.807) is 0 Å². The Kier molecular flexibility index (Phi) is 4.70. The number of aromatic amines is 1. The summed E-state index contributed by atoms with van der Waals surface area (Å²) in [5, 5.41) is 6.13. The number of nitrogens with one attached hydrogen (secondary N) is 1. The van der Waals surface area contributed by atoms with E-state index in [2.05, 4.69) is 15.1 Å². The molecule has 0 amide bonds. The molecule has 0 atom stereocenters. The lowest BCUT2D eigenvalue weighted by atomic mass is 9.79. The van der Waals surface area contributed by atoms with Crippen molar-refractivity contribution in [2.24, 2.45) is 5.92 Å². The third-order valence-electron chi connectivity index (χ3n) is 6.24. The maximum atomic E-state index is 12.1. The van der Waals surface area contributed by atoms with E-state index in [9.17, 15) is 4.79 Å². The Hall–Kier alpha value is -2.93. The molecule has 4 aromatic rings. The fourth-order valence-corrected chi connectivity index (χ4v) is 4.87. The van der Waals surface area contributed by atoms with Crippen molar-refractivity contribution in [3.8, 4) is 11.4 Å². The van der Waals surface area contributed by atoms with E-state index in [-0.39, 0.29) is 11.8 Å². The number of rotatable bonds is 4. The zero-order valence-corrected chi connectivity index (χ0v) is 17.5. The number of para-hydroxylation sites is 1. The molecule has 30 heavy (non-hydrogen) atoms. The van der Waals surface area contributed by atoms with Crippen LogP contribution in [-0.4, -0.2) is 30.3 Å². The number of H-pyrrole nitrogens is 1. The quantitative estimate of drug-likeness (QED) is 0.493. The number of benzene rings is 1. The Morgan fingerprint density at radius 3 is 2.83 bits per heavy atom. The third-order valence-corrected chi connectivity index (χ3v) is 6.56. The Bertz CT molecular complexity index is 1250. The van der Waals surface area contributed by atoms with Crippen LogP contribution in [0.4, 0.5) is 5.82 Å². The number of anilines is 1. The van der Waals surface area contributed by atoms with E-state index >= 15 is 0 Å². The molecule has 0 bridgehead atoms. The van der Waals surface area contributed by atoms with E-state index in [0.29, 0.717) is 28.6 Å². The van der Waals surface area contributed by atoms with E-state index in [1.165, 1.54) is 6.33 Å². The van der Waals surface area contributed by atoms with E-state index in [0.717, 1.165) is 53.8 Å². The van der Waals surface area contributed by atoms with Crippen LogP contribution in [0.5, 0.6) is 0 Å². The summed E-state index contributed by atoms with van der Waals surface area (Å²) in [4.78, 5) is 24.6. The second-order valence-corrected chi connectivity index (χ2v) is 8.39. The second kappa shape index (κ2) is 7.40. The number of ketones is 1. The van der Waals surface area contributed by atoms with Gasteiger partial charge in [-0.05, 0) is 37.8 Å². The van der Waals surface area contributed by atoms with E-state index in [4.69, 9.17) is 22.3 Å². The van der Waals surface area contributed by atoms with Crippen molar-refractivity contribution in [3.63, 3.8) is 0 Å². The second-order valence-electron chi connectivity index (χ2n) is 7.98. The summed E-state index contributed by atoms with van der Waals surface area (Å²) >= 11 is 6.35. The summed E-state index contributed by atoms with van der Waals surface area (Å²) in [6.45, 7) is 1.94. The number of nitrogens with two attached hydrogens (primary N) is 1. The van der Waals surface area contributed by atoms with Gasteiger partial charge in [0, 0.05) is 23.6 Å². The molecule has 3 N–H and O–H groups in total. The van der Waals surface area contributed by atoms with Gasteiger partial charge in [-0.3, -0.25) is 4.79 Å². The highest BCUT2D eigenvalue weighted by atomic mass is 35.5. The molecular weight excluding hydrogens is 400 g/mol. The van der Waals surface area contributed by atoms with Gasteiger partial charge < -0.3 is 10.7 Å². The first-order chi connectivity index (χ1) is 14.6. The molecule has 154 valence electrons. The van der Waals surface area contributed by atoms with Gasteiger partial charge in [-0.15, -0.1) is 0 Å². The van der Waals surface area contributed by atoms with Crippen LogP contribution in [0.3, 0.4) is 0 Å². The van der Waals surface area contributed by atoms with Crippen LogP contribution < -0.4 is 5.73 Å². The Morgan fingerprint density at radius 1 is 1.30 bits per heavy atom. The van der Waals surface area contributed by atoms with Gasteiger partial charge in [-0.25, -0.2) is 14.5 Å². The van der Waals surface area contributed by atoms with Gasteiger partial charge in [-0.2, -0.15) is 5.10 Å². The first kappa shape index (κ1) is 19.1. The number of aromatic nitrogens is 5. The van der Waals surface area contributed by atoms with Gasteiger partial charge in [0.1, 0.15) is 29.1 Å². The molecule has 8 heteroatoms. The van der Waals surface area contributed by atoms with Crippen molar-refractivity contribution in [3.05, 3.63) is 41.4 Å². The normalized spacial score (nSPS) is 19.5. The fraction of sp³-hybridized carbons (Fsp3) is 0.364. The molecule has 1 aromatic carbocycles. The monoisotopic (exact) mass is 422 g/mol. The van der Waals surface area contributed by atoms with Crippen LogP contribution in [0.25, 0.3) is 27.8 Å². The lowest BCUT2D eigenvalue weighted by molar-refractivity contribution is -0.123. The summed E-state index contributed by atoms with van der Waals surface area (Å²) in [5.74, 6) is 2.03. The summed E-state index contributed by atoms with van der Waals surface area (Å²) in [5.41, 5.74) is 9.36. The minimum Gasteiger partial charge on any atom is -0.382 e. The van der Waals surface area contributed by atoms with Crippen LogP contribution in [0.2, 0.25) is 5.02 Å². The van der Waals surface area contributed by atoms with E-state index in [1.807, 2.05) is 35.7 Å². The number of imidazole rings is 1. The number of carbonyl (C=O) groups is 1. The van der Waals surface area contributed by atoms with Crippen molar-refractivity contribution in [1.29, 1.82) is 0 Å². The molecule has 7 nitrogen and oxygen atoms in total. The number of hydrogen-bond donors (Lipinski definition) is 2. The Morgan fingerprint density at radius 2 is 2.10 bits per heavy atom. The maximum Gasteiger partial charge on any atom is 0.153 e. The molecule has 0 aliphatic heterocycles. The first-order valence-corrected chi connectivity index (χ1v) is 10.7. The number of halogens is 1. The van der Waals surface area contributed by atoms with Crippen LogP contribution in [0.15, 0.2) is 30.6 Å². The summed E-state index contributed by atoms with van der Waals surface area (Å²) in [6, 6.07) is 7.81. The zero-order chi connectivity index (χ0) is 20.8. The fourth-order valence-electron chi connectivity index (χ4n) is 4.64. The summed E-state index contributed by atoms with van der Waals surface area (Å²) < 4.78 is 1.82. The average Bonchev–Trinajstić information content (AvgIpc) is 3.37. The van der Waals surface area contributed by atoms with Gasteiger partial charge in [0.05, 0.1) is 16.2 Å². The van der Waals surface area contributed by atoms with Gasteiger partial charge in [0.25, 0.3) is 0 Å². The number of carbonyl (C=O) groups excluding carboxylic acids is 1. The van der Waals surface area contributed by atoms with Gasteiger partial charge >= 0.3 is 0 Å². The van der Waals surface area contributed by atoms with Crippen molar-refractivity contribution in [1.82, 2.24) is 24.6 Å². The number of Topliss-reactive ketones (excluding diaryl/α,β-unsaturated/α-hetero) is 1. The van der Waals surface area contributed by atoms with Gasteiger partial charge in [0.15, 0.2) is 5.82 Å². The van der Waals surface area contributed by atoms with Crippen LogP contribution >= 0.6 is 11.6 Å². The lowest BCUT2D eigenvalue weighted by Gasteiger charge is -2.26. The summed E-state index contributed by atoms with van der Waals surface area (Å²) in [6.07, 6.45) is 5.69. The Balaban J connectivity index is 1.59. The molecule has 3 aromatic heterocycles. The predicted octanol–water partition coefficient (Wildman–Crippen LogP) is 4.76. The SMILES string of the molecule is CCC(=O)C1CCC(c2nc(-c3cc4cccc(Cl)c4[nH]3)c3c(N)ncnn23)CC1. The predicted molar refractivity (Wildman–Crippen MR) is 117 cm³/mol. The molecule has 0 unspecified atom stereocenters. The van der Waals surface area contributed by atoms with Crippen molar-refractivity contribution >= 4 is 39.6 Å². The highest BCUT2D eigenvalue weighted by Crippen LogP contribution is 2.39. The van der Waals surface area contributed by atoms with Crippen LogP contribution in [0.1, 0.15) is 50.8 Å². The minimum atomic E-state index is 0.174. The van der Waals surface area contributed by atoms with Crippen molar-refractivity contribution in [2.45, 2.75) is 44.9 Å². The molecule has 3 heterocycles. The largest absolute Gasteiger partial charge is 0.382 e. The van der Waals surface area contributed by atoms with Crippen LogP contribution in [0, 0.1) is 5.92 Å². The number of nitrogen functional groups attached to an aromatic ring is 1. The molecule has 0 radical (unpaired) electrons. The molecular formula is C22H23ClN6O. The van der Waals surface area contributed by atoms with Gasteiger partial charge in [-0.1, -0.05) is 30.7 Å². The molecule has 0 saturated heterocycles. The number of fused-ring (bicyclic) bond motifs is 2. The van der Waals surface area contributed by atoms with Crippen molar-refractivity contribution in [2.75, 3.05) is 5.73 Å². The molecule has 1 aliphatic rings. The molecule has 0 spiro atoms. The molecule has 1 saturated carbocycles. The first-order valence-electron chi connectivity index (χ1n) is 10.4. The average molecular weight is 423 g/mol. The molecule has 1 aliphatic carbocycles. The highest BCUT2D eigenvalue weighted by Gasteiger charge is 2.30. The van der Waals surface area contributed by atoms with Crippen LogP contribution in [-0.2, 0) is 4.79 Å². The standard InChI is InChI=1S/C22H23ClN6O/c1-2-17(30)12-6-8-13(9-7-12)22-28-19(20-21(24)25-11-26-29(20)22)16-10-14-4-3-5-15(23)18(14)27-16/h3-5,10-13,27H,2,6-9H2,1H3,(H2,24,25,26). The smallest absolute Gasteiger partial charge is 0.153 e.